The smallest absolute Gasteiger partial charge is 0.242 e. The first-order valence-corrected chi connectivity index (χ1v) is 10.2. The lowest BCUT2D eigenvalue weighted by molar-refractivity contribution is -0.131. The van der Waals surface area contributed by atoms with E-state index in [4.69, 9.17) is 0 Å². The van der Waals surface area contributed by atoms with Crippen LogP contribution in [0.5, 0.6) is 0 Å². The van der Waals surface area contributed by atoms with E-state index in [-0.39, 0.29) is 18.4 Å². The Morgan fingerprint density at radius 2 is 1.55 bits per heavy atom. The van der Waals surface area contributed by atoms with E-state index in [9.17, 15) is 9.59 Å². The number of rotatable bonds is 4. The number of anilines is 2. The van der Waals surface area contributed by atoms with Crippen molar-refractivity contribution in [2.75, 3.05) is 42.5 Å². The molecule has 1 saturated heterocycles. The number of amides is 2. The van der Waals surface area contributed by atoms with Crippen LogP contribution in [0.2, 0.25) is 0 Å². The summed E-state index contributed by atoms with van der Waals surface area (Å²) in [6, 6.07) is 12.3. The molecule has 3 rings (SSSR count). The molecule has 0 unspecified atom stereocenters. The highest BCUT2D eigenvalue weighted by atomic mass is 16.2. The van der Waals surface area contributed by atoms with E-state index in [1.807, 2.05) is 30.9 Å². The molecule has 0 bridgehead atoms. The summed E-state index contributed by atoms with van der Waals surface area (Å²) in [6.07, 6.45) is 0. The molecule has 0 N–H and O–H groups in total. The van der Waals surface area contributed by atoms with Crippen molar-refractivity contribution in [1.82, 2.24) is 4.90 Å². The van der Waals surface area contributed by atoms with Gasteiger partial charge < -0.3 is 14.7 Å². The number of carbonyl (C=O) groups excluding carboxylic acids is 2. The van der Waals surface area contributed by atoms with Gasteiger partial charge in [-0.2, -0.15) is 0 Å². The van der Waals surface area contributed by atoms with Crippen LogP contribution in [-0.4, -0.2) is 49.4 Å². The molecule has 1 aliphatic rings. The minimum absolute atomic E-state index is 0.0000247. The minimum atomic E-state index is -0.114. The maximum Gasteiger partial charge on any atom is 0.242 e. The van der Waals surface area contributed by atoms with Gasteiger partial charge in [-0.15, -0.1) is 0 Å². The summed E-state index contributed by atoms with van der Waals surface area (Å²) in [6.45, 7) is 12.8. The fourth-order valence-corrected chi connectivity index (χ4v) is 4.00. The summed E-state index contributed by atoms with van der Waals surface area (Å²) in [7, 11) is 0. The van der Waals surface area contributed by atoms with Crippen molar-refractivity contribution in [2.45, 2.75) is 34.6 Å². The number of nitrogens with zero attached hydrogens (tertiary/aromatic N) is 3. The maximum atomic E-state index is 12.9. The zero-order valence-electron chi connectivity index (χ0n) is 18.2. The van der Waals surface area contributed by atoms with E-state index in [1.165, 1.54) is 23.7 Å². The van der Waals surface area contributed by atoms with Crippen molar-refractivity contribution in [3.8, 4) is 0 Å². The van der Waals surface area contributed by atoms with Crippen molar-refractivity contribution in [1.29, 1.82) is 0 Å². The Kier molecular flexibility index (Phi) is 6.26. The lowest BCUT2D eigenvalue weighted by Gasteiger charge is -2.37. The number of piperazine rings is 1. The molecule has 5 heteroatoms. The SMILES string of the molecule is CC(=O)N(CC(=O)N1CCN(c2cccc(C)c2C)CC1)c1cc(C)cc(C)c1. The van der Waals surface area contributed by atoms with Crippen molar-refractivity contribution in [2.24, 2.45) is 0 Å². The normalized spacial score (nSPS) is 14.1. The van der Waals surface area contributed by atoms with Crippen LogP contribution in [0.3, 0.4) is 0 Å². The van der Waals surface area contributed by atoms with Gasteiger partial charge in [-0.05, 0) is 68.1 Å². The monoisotopic (exact) mass is 393 g/mol. The Balaban J connectivity index is 1.66. The van der Waals surface area contributed by atoms with Gasteiger partial charge in [0.15, 0.2) is 0 Å². The Labute approximate surface area is 173 Å². The van der Waals surface area contributed by atoms with E-state index in [2.05, 4.69) is 43.0 Å². The van der Waals surface area contributed by atoms with Gasteiger partial charge in [0.05, 0.1) is 0 Å². The van der Waals surface area contributed by atoms with Crippen LogP contribution in [0.1, 0.15) is 29.2 Å². The van der Waals surface area contributed by atoms with Gasteiger partial charge in [-0.25, -0.2) is 0 Å². The van der Waals surface area contributed by atoms with Crippen LogP contribution in [0, 0.1) is 27.7 Å². The van der Waals surface area contributed by atoms with Crippen molar-refractivity contribution >= 4 is 23.2 Å². The number of hydrogen-bond acceptors (Lipinski definition) is 3. The Morgan fingerprint density at radius 3 is 2.14 bits per heavy atom. The molecule has 1 aliphatic heterocycles. The molecule has 0 aromatic heterocycles. The molecule has 5 nitrogen and oxygen atoms in total. The van der Waals surface area contributed by atoms with Crippen LogP contribution >= 0.6 is 0 Å². The molecule has 2 aromatic carbocycles. The largest absolute Gasteiger partial charge is 0.368 e. The van der Waals surface area contributed by atoms with Crippen molar-refractivity contribution < 1.29 is 9.59 Å². The second kappa shape index (κ2) is 8.68. The minimum Gasteiger partial charge on any atom is -0.368 e. The van der Waals surface area contributed by atoms with Gasteiger partial charge in [0.2, 0.25) is 11.8 Å². The third-order valence-corrected chi connectivity index (χ3v) is 5.74. The lowest BCUT2D eigenvalue weighted by Crippen LogP contribution is -2.52. The Bertz CT molecular complexity index is 894. The van der Waals surface area contributed by atoms with Crippen molar-refractivity contribution in [3.05, 3.63) is 58.7 Å². The fraction of sp³-hybridized carbons (Fsp3) is 0.417. The van der Waals surface area contributed by atoms with Crippen LogP contribution in [-0.2, 0) is 9.59 Å². The molecule has 0 aliphatic carbocycles. The summed E-state index contributed by atoms with van der Waals surface area (Å²) in [4.78, 5) is 31.0. The second-order valence-corrected chi connectivity index (χ2v) is 8.04. The molecular weight excluding hydrogens is 362 g/mol. The predicted molar refractivity (Wildman–Crippen MR) is 119 cm³/mol. The van der Waals surface area contributed by atoms with Gasteiger partial charge in [0.1, 0.15) is 6.54 Å². The van der Waals surface area contributed by atoms with Crippen molar-refractivity contribution in [3.63, 3.8) is 0 Å². The van der Waals surface area contributed by atoms with Gasteiger partial charge in [0.25, 0.3) is 0 Å². The molecule has 154 valence electrons. The molecule has 2 aromatic rings. The van der Waals surface area contributed by atoms with E-state index in [0.717, 1.165) is 29.9 Å². The van der Waals surface area contributed by atoms with E-state index >= 15 is 0 Å². The summed E-state index contributed by atoms with van der Waals surface area (Å²) in [5.74, 6) is -0.114. The third-order valence-electron chi connectivity index (χ3n) is 5.74. The average Bonchev–Trinajstić information content (AvgIpc) is 2.67. The Hall–Kier alpha value is -2.82. The number of aryl methyl sites for hydroxylation is 3. The number of hydrogen-bond donors (Lipinski definition) is 0. The summed E-state index contributed by atoms with van der Waals surface area (Å²) in [5, 5.41) is 0. The Morgan fingerprint density at radius 1 is 0.931 bits per heavy atom. The average molecular weight is 394 g/mol. The number of benzene rings is 2. The van der Waals surface area contributed by atoms with Crippen LogP contribution < -0.4 is 9.80 Å². The van der Waals surface area contributed by atoms with Gasteiger partial charge in [-0.3, -0.25) is 9.59 Å². The van der Waals surface area contributed by atoms with E-state index in [1.54, 1.807) is 4.90 Å². The van der Waals surface area contributed by atoms with Gasteiger partial charge in [0, 0.05) is 44.5 Å². The third kappa shape index (κ3) is 4.78. The first-order chi connectivity index (χ1) is 13.8. The highest BCUT2D eigenvalue weighted by Crippen LogP contribution is 2.24. The van der Waals surface area contributed by atoms with Crippen LogP contribution in [0.25, 0.3) is 0 Å². The molecule has 2 amide bonds. The first kappa shape index (κ1) is 20.9. The summed E-state index contributed by atoms with van der Waals surface area (Å²) in [5.41, 5.74) is 6.79. The number of carbonyl (C=O) groups is 2. The van der Waals surface area contributed by atoms with Crippen LogP contribution in [0.4, 0.5) is 11.4 Å². The van der Waals surface area contributed by atoms with E-state index in [0.29, 0.717) is 13.1 Å². The topological polar surface area (TPSA) is 43.9 Å². The second-order valence-electron chi connectivity index (χ2n) is 8.04. The standard InChI is InChI=1S/C24H31N3O2/c1-17-13-18(2)15-22(14-17)27(21(5)28)16-24(29)26-11-9-25(10-12-26)23-8-6-7-19(3)20(23)4/h6-8,13-15H,9-12,16H2,1-5H3. The highest BCUT2D eigenvalue weighted by molar-refractivity contribution is 5.97. The van der Waals surface area contributed by atoms with E-state index < -0.39 is 0 Å². The highest BCUT2D eigenvalue weighted by Gasteiger charge is 2.25. The zero-order valence-corrected chi connectivity index (χ0v) is 18.2. The quantitative estimate of drug-likeness (QED) is 0.797. The molecule has 0 radical (unpaired) electrons. The zero-order chi connectivity index (χ0) is 21.1. The van der Waals surface area contributed by atoms with Crippen LogP contribution in [0.15, 0.2) is 36.4 Å². The molecule has 1 heterocycles. The predicted octanol–water partition coefficient (Wildman–Crippen LogP) is 3.62. The molecule has 0 atom stereocenters. The fourth-order valence-electron chi connectivity index (χ4n) is 4.00. The van der Waals surface area contributed by atoms with Gasteiger partial charge in [-0.1, -0.05) is 18.2 Å². The summed E-state index contributed by atoms with van der Waals surface area (Å²) >= 11 is 0. The first-order valence-electron chi connectivity index (χ1n) is 10.2. The molecule has 0 spiro atoms. The lowest BCUT2D eigenvalue weighted by atomic mass is 10.1. The molecule has 0 saturated carbocycles. The summed E-state index contributed by atoms with van der Waals surface area (Å²) < 4.78 is 0. The molecule has 29 heavy (non-hydrogen) atoms. The maximum absolute atomic E-state index is 12.9. The molecular formula is C24H31N3O2. The van der Waals surface area contributed by atoms with Gasteiger partial charge >= 0.3 is 0 Å². The molecule has 1 fully saturated rings.